The van der Waals surface area contributed by atoms with Crippen LogP contribution in [0.25, 0.3) is 0 Å². The summed E-state index contributed by atoms with van der Waals surface area (Å²) in [5, 5.41) is 2.99. The molecule has 4 heteroatoms. The Kier molecular flexibility index (Phi) is 3.39. The Hall–Kier alpha value is -1.58. The zero-order valence-corrected chi connectivity index (χ0v) is 9.16. The van der Waals surface area contributed by atoms with E-state index in [0.717, 1.165) is 12.8 Å². The molecule has 16 heavy (non-hydrogen) atoms. The van der Waals surface area contributed by atoms with Gasteiger partial charge in [-0.2, -0.15) is 0 Å². The average molecular weight is 220 g/mol. The largest absolute Gasteiger partial charge is 0.349 e. The molecule has 0 aromatic carbocycles. The van der Waals surface area contributed by atoms with E-state index in [2.05, 4.69) is 10.3 Å². The molecular formula is C12H16N2O2. The first-order chi connectivity index (χ1) is 7.75. The number of aromatic amines is 1. The Bertz CT molecular complexity index is 399. The first-order valence-electron chi connectivity index (χ1n) is 5.75. The Labute approximate surface area is 94.1 Å². The van der Waals surface area contributed by atoms with Crippen LogP contribution in [-0.4, -0.2) is 16.9 Å². The van der Waals surface area contributed by atoms with Crippen molar-refractivity contribution < 1.29 is 4.79 Å². The zero-order chi connectivity index (χ0) is 11.4. The topological polar surface area (TPSA) is 62.0 Å². The van der Waals surface area contributed by atoms with Gasteiger partial charge in [-0.25, -0.2) is 0 Å². The second kappa shape index (κ2) is 4.96. The lowest BCUT2D eigenvalue weighted by atomic mass is 9.95. The molecule has 0 bridgehead atoms. The minimum atomic E-state index is -0.186. The molecule has 0 saturated heterocycles. The van der Waals surface area contributed by atoms with Gasteiger partial charge in [0.2, 0.25) is 5.56 Å². The second-order valence-corrected chi connectivity index (χ2v) is 4.25. The van der Waals surface area contributed by atoms with Gasteiger partial charge in [0.25, 0.3) is 5.91 Å². The Morgan fingerprint density at radius 2 is 2.00 bits per heavy atom. The zero-order valence-electron chi connectivity index (χ0n) is 9.16. The number of amides is 1. The monoisotopic (exact) mass is 220 g/mol. The average Bonchev–Trinajstić information content (AvgIpc) is 2.31. The molecule has 1 fully saturated rings. The van der Waals surface area contributed by atoms with E-state index in [9.17, 15) is 9.59 Å². The maximum absolute atomic E-state index is 11.8. The van der Waals surface area contributed by atoms with Crippen molar-refractivity contribution in [3.63, 3.8) is 0 Å². The fourth-order valence-electron chi connectivity index (χ4n) is 2.07. The van der Waals surface area contributed by atoms with Gasteiger partial charge in [-0.05, 0) is 18.9 Å². The molecule has 86 valence electrons. The third kappa shape index (κ3) is 2.72. The number of carbonyl (C=O) groups is 1. The summed E-state index contributed by atoms with van der Waals surface area (Å²) in [5.74, 6) is -0.0943. The van der Waals surface area contributed by atoms with E-state index in [1.54, 1.807) is 6.07 Å². The molecule has 4 nitrogen and oxygen atoms in total. The molecule has 1 saturated carbocycles. The standard InChI is InChI=1S/C12H16N2O2/c15-11-7-6-9(8-13-11)12(16)14-10-4-2-1-3-5-10/h6-8,10H,1-5H2,(H,13,15)(H,14,16). The van der Waals surface area contributed by atoms with E-state index >= 15 is 0 Å². The molecule has 1 heterocycles. The van der Waals surface area contributed by atoms with Crippen LogP contribution in [0, 0.1) is 0 Å². The summed E-state index contributed by atoms with van der Waals surface area (Å²) in [7, 11) is 0. The van der Waals surface area contributed by atoms with Crippen LogP contribution in [0.3, 0.4) is 0 Å². The number of hydrogen-bond acceptors (Lipinski definition) is 2. The molecule has 1 aromatic heterocycles. The Morgan fingerprint density at radius 1 is 1.25 bits per heavy atom. The highest BCUT2D eigenvalue weighted by Crippen LogP contribution is 2.17. The lowest BCUT2D eigenvalue weighted by molar-refractivity contribution is 0.0927. The van der Waals surface area contributed by atoms with Crippen LogP contribution < -0.4 is 10.9 Å². The maximum Gasteiger partial charge on any atom is 0.252 e. The van der Waals surface area contributed by atoms with Gasteiger partial charge in [0.1, 0.15) is 0 Å². The predicted molar refractivity (Wildman–Crippen MR) is 61.4 cm³/mol. The van der Waals surface area contributed by atoms with Crippen molar-refractivity contribution in [1.82, 2.24) is 10.3 Å². The fraction of sp³-hybridized carbons (Fsp3) is 0.500. The van der Waals surface area contributed by atoms with Gasteiger partial charge in [-0.15, -0.1) is 0 Å². The molecule has 0 spiro atoms. The van der Waals surface area contributed by atoms with Crippen LogP contribution in [0.5, 0.6) is 0 Å². The van der Waals surface area contributed by atoms with Crippen molar-refractivity contribution in [2.75, 3.05) is 0 Å². The molecule has 1 amide bonds. The number of nitrogens with one attached hydrogen (secondary N) is 2. The van der Waals surface area contributed by atoms with Gasteiger partial charge in [0, 0.05) is 18.3 Å². The highest BCUT2D eigenvalue weighted by Gasteiger charge is 2.16. The summed E-state index contributed by atoms with van der Waals surface area (Å²) < 4.78 is 0. The van der Waals surface area contributed by atoms with Gasteiger partial charge in [0.05, 0.1) is 5.56 Å². The highest BCUT2D eigenvalue weighted by molar-refractivity contribution is 5.93. The molecule has 1 aliphatic rings. The minimum Gasteiger partial charge on any atom is -0.349 e. The predicted octanol–water partition coefficient (Wildman–Crippen LogP) is 1.44. The summed E-state index contributed by atoms with van der Waals surface area (Å²) in [6, 6.07) is 3.22. The van der Waals surface area contributed by atoms with Crippen molar-refractivity contribution in [3.8, 4) is 0 Å². The third-order valence-corrected chi connectivity index (χ3v) is 2.99. The van der Waals surface area contributed by atoms with Crippen molar-refractivity contribution in [2.24, 2.45) is 0 Å². The van der Waals surface area contributed by atoms with Crippen LogP contribution in [0.1, 0.15) is 42.5 Å². The molecule has 0 radical (unpaired) electrons. The second-order valence-electron chi connectivity index (χ2n) is 4.25. The number of H-pyrrole nitrogens is 1. The normalized spacial score (nSPS) is 17.0. The first-order valence-corrected chi connectivity index (χ1v) is 5.75. The molecule has 1 aliphatic carbocycles. The van der Waals surface area contributed by atoms with Gasteiger partial charge in [-0.1, -0.05) is 19.3 Å². The molecule has 0 atom stereocenters. The van der Waals surface area contributed by atoms with Crippen LogP contribution in [0.15, 0.2) is 23.1 Å². The van der Waals surface area contributed by atoms with E-state index in [4.69, 9.17) is 0 Å². The van der Waals surface area contributed by atoms with Crippen LogP contribution in [-0.2, 0) is 0 Å². The summed E-state index contributed by atoms with van der Waals surface area (Å²) in [4.78, 5) is 25.1. The lowest BCUT2D eigenvalue weighted by Crippen LogP contribution is -2.36. The quantitative estimate of drug-likeness (QED) is 0.792. The van der Waals surface area contributed by atoms with E-state index < -0.39 is 0 Å². The van der Waals surface area contributed by atoms with Gasteiger partial charge < -0.3 is 10.3 Å². The van der Waals surface area contributed by atoms with Crippen molar-refractivity contribution in [1.29, 1.82) is 0 Å². The highest BCUT2D eigenvalue weighted by atomic mass is 16.2. The number of rotatable bonds is 2. The van der Waals surface area contributed by atoms with Crippen LogP contribution >= 0.6 is 0 Å². The number of carbonyl (C=O) groups excluding carboxylic acids is 1. The summed E-state index contributed by atoms with van der Waals surface area (Å²) >= 11 is 0. The molecule has 2 N–H and O–H groups in total. The minimum absolute atomic E-state index is 0.0943. The fourth-order valence-corrected chi connectivity index (χ4v) is 2.07. The van der Waals surface area contributed by atoms with E-state index in [1.807, 2.05) is 0 Å². The number of aromatic nitrogens is 1. The van der Waals surface area contributed by atoms with E-state index in [0.29, 0.717) is 11.6 Å². The van der Waals surface area contributed by atoms with Gasteiger partial charge in [-0.3, -0.25) is 9.59 Å². The molecule has 0 unspecified atom stereocenters. The molecular weight excluding hydrogens is 204 g/mol. The van der Waals surface area contributed by atoms with Crippen molar-refractivity contribution in [2.45, 2.75) is 38.1 Å². The maximum atomic E-state index is 11.8. The summed E-state index contributed by atoms with van der Waals surface area (Å²) in [6.07, 6.45) is 7.24. The SMILES string of the molecule is O=C(NC1CCCCC1)c1ccc(=O)[nH]c1. The third-order valence-electron chi connectivity index (χ3n) is 2.99. The molecule has 1 aromatic rings. The van der Waals surface area contributed by atoms with Crippen LogP contribution in [0.4, 0.5) is 0 Å². The van der Waals surface area contributed by atoms with E-state index in [1.165, 1.54) is 31.5 Å². The van der Waals surface area contributed by atoms with Gasteiger partial charge >= 0.3 is 0 Å². The first kappa shape index (κ1) is 10.9. The van der Waals surface area contributed by atoms with Gasteiger partial charge in [0.15, 0.2) is 0 Å². The number of pyridine rings is 1. The summed E-state index contributed by atoms with van der Waals surface area (Å²) in [6.45, 7) is 0. The van der Waals surface area contributed by atoms with E-state index in [-0.39, 0.29) is 11.5 Å². The Balaban J connectivity index is 1.96. The summed E-state index contributed by atoms with van der Waals surface area (Å²) in [5.41, 5.74) is 0.333. The number of hydrogen-bond donors (Lipinski definition) is 2. The molecule has 0 aliphatic heterocycles. The molecule has 2 rings (SSSR count). The lowest BCUT2D eigenvalue weighted by Gasteiger charge is -2.22. The smallest absolute Gasteiger partial charge is 0.252 e. The van der Waals surface area contributed by atoms with Crippen LogP contribution in [0.2, 0.25) is 0 Å². The van der Waals surface area contributed by atoms with Crippen molar-refractivity contribution in [3.05, 3.63) is 34.2 Å². The van der Waals surface area contributed by atoms with Crippen molar-refractivity contribution >= 4 is 5.91 Å². The Morgan fingerprint density at radius 3 is 2.62 bits per heavy atom.